The first-order chi connectivity index (χ1) is 19.1. The van der Waals surface area contributed by atoms with E-state index in [-0.39, 0.29) is 12.0 Å². The van der Waals surface area contributed by atoms with E-state index in [0.717, 1.165) is 40.9 Å². The Kier molecular flexibility index (Phi) is 6.05. The Labute approximate surface area is 227 Å². The highest BCUT2D eigenvalue weighted by atomic mass is 16.6. The third-order valence-corrected chi connectivity index (χ3v) is 8.16. The molecular weight excluding hydrogens is 492 g/mol. The molecule has 0 saturated carbocycles. The number of anilines is 1. The zero-order chi connectivity index (χ0) is 26.5. The molecule has 7 rings (SSSR count). The second kappa shape index (κ2) is 9.73. The lowest BCUT2D eigenvalue weighted by molar-refractivity contribution is -0.0953. The predicted octanol–water partition coefficient (Wildman–Crippen LogP) is 3.88. The number of rotatable bonds is 5. The van der Waals surface area contributed by atoms with Gasteiger partial charge < -0.3 is 19.7 Å². The number of pyridine rings is 1. The normalized spacial score (nSPS) is 18.6. The second-order valence-corrected chi connectivity index (χ2v) is 10.7. The van der Waals surface area contributed by atoms with Crippen LogP contribution in [0.15, 0.2) is 36.8 Å². The van der Waals surface area contributed by atoms with E-state index >= 15 is 0 Å². The summed E-state index contributed by atoms with van der Waals surface area (Å²) in [5, 5.41) is 3.56. The molecule has 0 bridgehead atoms. The van der Waals surface area contributed by atoms with Gasteiger partial charge in [-0.3, -0.25) is 14.2 Å². The second-order valence-electron chi connectivity index (χ2n) is 10.7. The number of amides is 1. The fourth-order valence-corrected chi connectivity index (χ4v) is 6.16. The van der Waals surface area contributed by atoms with Crippen molar-refractivity contribution in [2.75, 3.05) is 31.7 Å². The molecule has 0 spiro atoms. The Morgan fingerprint density at radius 3 is 2.82 bits per heavy atom. The maximum Gasteiger partial charge on any atom is 0.275 e. The smallest absolute Gasteiger partial charge is 0.275 e. The van der Waals surface area contributed by atoms with Crippen LogP contribution >= 0.6 is 0 Å². The van der Waals surface area contributed by atoms with Crippen molar-refractivity contribution < 1.29 is 14.3 Å². The topological polar surface area (TPSA) is 93.9 Å². The van der Waals surface area contributed by atoms with Crippen molar-refractivity contribution in [3.63, 3.8) is 0 Å². The molecule has 1 saturated heterocycles. The summed E-state index contributed by atoms with van der Waals surface area (Å²) < 4.78 is 13.4. The molecule has 1 unspecified atom stereocenters. The van der Waals surface area contributed by atoms with Gasteiger partial charge in [-0.1, -0.05) is 18.2 Å². The van der Waals surface area contributed by atoms with E-state index in [1.165, 1.54) is 28.7 Å². The average molecular weight is 525 g/mol. The maximum atomic E-state index is 13.9. The minimum Gasteiger partial charge on any atom is -0.376 e. The molecule has 1 N–H and O–H groups in total. The molecule has 39 heavy (non-hydrogen) atoms. The largest absolute Gasteiger partial charge is 0.376 e. The van der Waals surface area contributed by atoms with Gasteiger partial charge in [-0.15, -0.1) is 0 Å². The average Bonchev–Trinajstić information content (AvgIpc) is 3.61. The van der Waals surface area contributed by atoms with Crippen LogP contribution in [0.25, 0.3) is 16.8 Å². The first kappa shape index (κ1) is 24.2. The number of imidazole rings is 1. The molecule has 1 fully saturated rings. The van der Waals surface area contributed by atoms with E-state index in [9.17, 15) is 4.79 Å². The van der Waals surface area contributed by atoms with Crippen molar-refractivity contribution in [1.82, 2.24) is 24.3 Å². The van der Waals surface area contributed by atoms with Crippen LogP contribution in [0, 0.1) is 13.8 Å². The van der Waals surface area contributed by atoms with Gasteiger partial charge >= 0.3 is 0 Å². The van der Waals surface area contributed by atoms with Crippen LogP contribution in [0.3, 0.4) is 0 Å². The van der Waals surface area contributed by atoms with Gasteiger partial charge in [-0.05, 0) is 67.0 Å². The number of ether oxygens (including phenoxy) is 2. The molecule has 3 aliphatic rings. The molecule has 9 nitrogen and oxygen atoms in total. The maximum absolute atomic E-state index is 13.9. The highest BCUT2D eigenvalue weighted by Crippen LogP contribution is 2.34. The van der Waals surface area contributed by atoms with Crippen LogP contribution in [0.5, 0.6) is 0 Å². The lowest BCUT2D eigenvalue weighted by Gasteiger charge is -2.31. The van der Waals surface area contributed by atoms with Gasteiger partial charge in [0.25, 0.3) is 5.91 Å². The van der Waals surface area contributed by atoms with Crippen LogP contribution < -0.4 is 5.32 Å². The van der Waals surface area contributed by atoms with E-state index in [2.05, 4.69) is 35.4 Å². The lowest BCUT2D eigenvalue weighted by Crippen LogP contribution is -2.43. The summed E-state index contributed by atoms with van der Waals surface area (Å²) in [5.74, 6) is 0.522. The van der Waals surface area contributed by atoms with E-state index in [4.69, 9.17) is 19.4 Å². The van der Waals surface area contributed by atoms with E-state index in [1.807, 2.05) is 28.5 Å². The van der Waals surface area contributed by atoms with Gasteiger partial charge in [-0.2, -0.15) is 0 Å². The van der Waals surface area contributed by atoms with Crippen LogP contribution in [0.2, 0.25) is 0 Å². The highest BCUT2D eigenvalue weighted by Gasteiger charge is 2.31. The van der Waals surface area contributed by atoms with E-state index in [0.29, 0.717) is 51.1 Å². The Bertz CT molecular complexity index is 1590. The zero-order valence-electron chi connectivity index (χ0n) is 22.4. The fourth-order valence-electron chi connectivity index (χ4n) is 6.16. The molecule has 9 heteroatoms. The number of hydrogen-bond acceptors (Lipinski definition) is 7. The Morgan fingerprint density at radius 1 is 1.05 bits per heavy atom. The number of nitrogens with zero attached hydrogens (tertiary/aromatic N) is 5. The fraction of sp³-hybridized carbons (Fsp3) is 0.400. The molecule has 1 aromatic carbocycles. The molecule has 5 heterocycles. The molecule has 2 aliphatic heterocycles. The summed E-state index contributed by atoms with van der Waals surface area (Å²) in [5.41, 5.74) is 10.2. The SMILES string of the molecule is Cc1ccc2c(n1)-c1cnc(NCc3c(C)ccc4c3CCC4)n3cnc(c13)C(=O)N(CC1COCCO1)C2. The summed E-state index contributed by atoms with van der Waals surface area (Å²) in [6, 6.07) is 8.52. The molecule has 4 aromatic rings. The monoisotopic (exact) mass is 524 g/mol. The van der Waals surface area contributed by atoms with Gasteiger partial charge in [-0.25, -0.2) is 9.97 Å². The van der Waals surface area contributed by atoms with Crippen molar-refractivity contribution >= 4 is 17.4 Å². The summed E-state index contributed by atoms with van der Waals surface area (Å²) in [6.07, 6.45) is 6.82. The summed E-state index contributed by atoms with van der Waals surface area (Å²) in [4.78, 5) is 30.1. The van der Waals surface area contributed by atoms with Crippen molar-refractivity contribution in [3.8, 4) is 11.3 Å². The molecule has 0 radical (unpaired) electrons. The van der Waals surface area contributed by atoms with Crippen molar-refractivity contribution in [3.05, 3.63) is 76.0 Å². The van der Waals surface area contributed by atoms with Gasteiger partial charge in [0.1, 0.15) is 6.33 Å². The predicted molar refractivity (Wildman–Crippen MR) is 147 cm³/mol. The number of fused-ring (bicyclic) bond motifs is 3. The zero-order valence-corrected chi connectivity index (χ0v) is 22.4. The molecule has 3 aromatic heterocycles. The minimum atomic E-state index is -0.174. The number of aryl methyl sites for hydroxylation is 3. The quantitative estimate of drug-likeness (QED) is 0.424. The van der Waals surface area contributed by atoms with Gasteiger partial charge in [0.2, 0.25) is 5.95 Å². The Balaban J connectivity index is 1.30. The minimum absolute atomic E-state index is 0.131. The summed E-state index contributed by atoms with van der Waals surface area (Å²) in [7, 11) is 0. The lowest BCUT2D eigenvalue weighted by atomic mass is 9.98. The number of carbonyl (C=O) groups excluding carboxylic acids is 1. The standard InChI is InChI=1S/C30H32N6O3/c1-18-6-8-20-4-3-5-23(20)24(18)12-31-30-32-13-25-26-21(9-7-19(2)34-26)14-35(15-22-16-38-10-11-39-22)29(37)27-28(25)36(30)17-33-27/h6-9,13,17,22H,3-5,10-12,14-16H2,1-2H3,(H,31,32). The third kappa shape index (κ3) is 4.26. The Morgan fingerprint density at radius 2 is 1.95 bits per heavy atom. The van der Waals surface area contributed by atoms with Gasteiger partial charge in [0.05, 0.1) is 37.1 Å². The molecule has 1 aliphatic carbocycles. The first-order valence-electron chi connectivity index (χ1n) is 13.7. The van der Waals surface area contributed by atoms with Crippen LogP contribution in [-0.4, -0.2) is 62.6 Å². The van der Waals surface area contributed by atoms with Gasteiger partial charge in [0, 0.05) is 37.1 Å². The Hall–Kier alpha value is -3.82. The van der Waals surface area contributed by atoms with Crippen LogP contribution in [0.4, 0.5) is 5.95 Å². The highest BCUT2D eigenvalue weighted by molar-refractivity contribution is 6.04. The molecular formula is C30H32N6O3. The van der Waals surface area contributed by atoms with Crippen molar-refractivity contribution in [2.24, 2.45) is 0 Å². The van der Waals surface area contributed by atoms with Gasteiger partial charge in [0.15, 0.2) is 5.69 Å². The number of aromatic nitrogens is 4. The number of carbonyl (C=O) groups is 1. The number of benzene rings is 1. The molecule has 1 amide bonds. The van der Waals surface area contributed by atoms with E-state index < -0.39 is 0 Å². The molecule has 200 valence electrons. The van der Waals surface area contributed by atoms with Crippen LogP contribution in [0.1, 0.15) is 50.4 Å². The first-order valence-corrected chi connectivity index (χ1v) is 13.7. The molecule has 1 atom stereocenters. The van der Waals surface area contributed by atoms with E-state index in [1.54, 1.807) is 6.33 Å². The van der Waals surface area contributed by atoms with Crippen LogP contribution in [-0.2, 0) is 35.4 Å². The number of nitrogens with one attached hydrogen (secondary N) is 1. The summed E-state index contributed by atoms with van der Waals surface area (Å²) >= 11 is 0. The van der Waals surface area contributed by atoms with Crippen molar-refractivity contribution in [2.45, 2.75) is 52.3 Å². The summed E-state index contributed by atoms with van der Waals surface area (Å²) in [6.45, 7) is 7.24. The third-order valence-electron chi connectivity index (χ3n) is 8.16. The number of hydrogen-bond donors (Lipinski definition) is 1. The van der Waals surface area contributed by atoms with Crippen molar-refractivity contribution in [1.29, 1.82) is 0 Å².